The van der Waals surface area contributed by atoms with Crippen molar-refractivity contribution in [1.29, 1.82) is 0 Å². The Morgan fingerprint density at radius 1 is 1.50 bits per heavy atom. The van der Waals surface area contributed by atoms with E-state index in [1.54, 1.807) is 18.7 Å². The number of benzene rings is 1. The maximum Gasteiger partial charge on any atom is 0.237 e. The fraction of sp³-hybridized carbons (Fsp3) is 0.429. The molecule has 5 nitrogen and oxygen atoms in total. The second kappa shape index (κ2) is 6.76. The number of imidazole rings is 1. The first kappa shape index (κ1) is 14.9. The number of carbonyl (C=O) groups is 1. The van der Waals surface area contributed by atoms with Crippen molar-refractivity contribution in [1.82, 2.24) is 15.3 Å². The Labute approximate surface area is 122 Å². The van der Waals surface area contributed by atoms with Gasteiger partial charge < -0.3 is 16.0 Å². The summed E-state index contributed by atoms with van der Waals surface area (Å²) in [5.74, 6) is 1.58. The largest absolute Gasteiger partial charge is 0.345 e. The third-order valence-electron chi connectivity index (χ3n) is 3.08. The predicted molar refractivity (Wildman–Crippen MR) is 83.6 cm³/mol. The summed E-state index contributed by atoms with van der Waals surface area (Å²) < 4.78 is 0. The Hall–Kier alpha value is -1.53. The van der Waals surface area contributed by atoms with Gasteiger partial charge in [-0.2, -0.15) is 11.8 Å². The third-order valence-corrected chi connectivity index (χ3v) is 3.72. The van der Waals surface area contributed by atoms with E-state index in [9.17, 15) is 4.79 Å². The average molecular weight is 292 g/mol. The smallest absolute Gasteiger partial charge is 0.237 e. The van der Waals surface area contributed by atoms with Crippen molar-refractivity contribution in [3.8, 4) is 0 Å². The zero-order valence-corrected chi connectivity index (χ0v) is 12.5. The molecule has 6 heteroatoms. The Balaban J connectivity index is 2.22. The van der Waals surface area contributed by atoms with Gasteiger partial charge in [0.15, 0.2) is 0 Å². The van der Waals surface area contributed by atoms with Crippen LogP contribution >= 0.6 is 11.8 Å². The van der Waals surface area contributed by atoms with E-state index in [4.69, 9.17) is 5.73 Å². The first-order valence-corrected chi connectivity index (χ1v) is 8.00. The Bertz CT molecular complexity index is 548. The molecule has 0 fully saturated rings. The second-order valence-corrected chi connectivity index (χ2v) is 5.76. The standard InChI is InChI=1S/C14H20N4OS/c1-9(15)14(19)18-12(7-8-20-2)13-16-10-5-3-4-6-11(10)17-13/h3-6,9,12H,7-8,15H2,1-2H3,(H,16,17)(H,18,19). The van der Waals surface area contributed by atoms with Gasteiger partial charge in [-0.3, -0.25) is 4.79 Å². The molecule has 0 aliphatic heterocycles. The van der Waals surface area contributed by atoms with E-state index < -0.39 is 6.04 Å². The average Bonchev–Trinajstić information content (AvgIpc) is 2.86. The number of para-hydroxylation sites is 2. The third kappa shape index (κ3) is 3.52. The van der Waals surface area contributed by atoms with Crippen molar-refractivity contribution in [2.45, 2.75) is 25.4 Å². The number of nitrogens with one attached hydrogen (secondary N) is 2. The minimum absolute atomic E-state index is 0.131. The van der Waals surface area contributed by atoms with Gasteiger partial charge in [0.1, 0.15) is 5.82 Å². The lowest BCUT2D eigenvalue weighted by Crippen LogP contribution is -2.40. The molecule has 0 radical (unpaired) electrons. The molecule has 1 heterocycles. The van der Waals surface area contributed by atoms with Gasteiger partial charge in [0, 0.05) is 0 Å². The quantitative estimate of drug-likeness (QED) is 0.758. The summed E-state index contributed by atoms with van der Waals surface area (Å²) in [5.41, 5.74) is 7.51. The van der Waals surface area contributed by atoms with Crippen molar-refractivity contribution in [3.05, 3.63) is 30.1 Å². The Morgan fingerprint density at radius 3 is 2.90 bits per heavy atom. The zero-order chi connectivity index (χ0) is 14.5. The van der Waals surface area contributed by atoms with E-state index in [1.165, 1.54) is 0 Å². The highest BCUT2D eigenvalue weighted by Crippen LogP contribution is 2.20. The molecule has 1 aromatic carbocycles. The highest BCUT2D eigenvalue weighted by atomic mass is 32.2. The van der Waals surface area contributed by atoms with Gasteiger partial charge in [0.2, 0.25) is 5.91 Å². The molecule has 0 saturated heterocycles. The van der Waals surface area contributed by atoms with Crippen LogP contribution in [0.15, 0.2) is 24.3 Å². The van der Waals surface area contributed by atoms with Crippen LogP contribution in [0.25, 0.3) is 11.0 Å². The van der Waals surface area contributed by atoms with Gasteiger partial charge in [0.05, 0.1) is 23.1 Å². The number of nitrogens with zero attached hydrogens (tertiary/aromatic N) is 1. The molecule has 2 aromatic rings. The van der Waals surface area contributed by atoms with E-state index in [1.807, 2.05) is 30.5 Å². The molecule has 2 unspecified atom stereocenters. The first-order valence-electron chi connectivity index (χ1n) is 6.61. The molecule has 0 bridgehead atoms. The number of rotatable bonds is 6. The van der Waals surface area contributed by atoms with Crippen LogP contribution in [0.2, 0.25) is 0 Å². The summed E-state index contributed by atoms with van der Waals surface area (Å²) in [6, 6.07) is 7.19. The Morgan fingerprint density at radius 2 is 2.25 bits per heavy atom. The van der Waals surface area contributed by atoms with Crippen LogP contribution in [0.1, 0.15) is 25.2 Å². The first-order chi connectivity index (χ1) is 9.61. The fourth-order valence-electron chi connectivity index (χ4n) is 1.95. The molecule has 1 aromatic heterocycles. The van der Waals surface area contributed by atoms with Crippen molar-refractivity contribution in [3.63, 3.8) is 0 Å². The Kier molecular flexibility index (Phi) is 5.03. The topological polar surface area (TPSA) is 83.8 Å². The molecular weight excluding hydrogens is 272 g/mol. The highest BCUT2D eigenvalue weighted by Gasteiger charge is 2.19. The van der Waals surface area contributed by atoms with Crippen molar-refractivity contribution < 1.29 is 4.79 Å². The number of hydrogen-bond acceptors (Lipinski definition) is 4. The molecule has 20 heavy (non-hydrogen) atoms. The van der Waals surface area contributed by atoms with Crippen LogP contribution in [-0.2, 0) is 4.79 Å². The molecule has 4 N–H and O–H groups in total. The second-order valence-electron chi connectivity index (χ2n) is 4.77. The maximum atomic E-state index is 11.8. The summed E-state index contributed by atoms with van der Waals surface area (Å²) in [7, 11) is 0. The molecule has 0 aliphatic rings. The number of carbonyl (C=O) groups excluding carboxylic acids is 1. The number of aromatic amines is 1. The van der Waals surface area contributed by atoms with Crippen molar-refractivity contribution in [2.75, 3.05) is 12.0 Å². The van der Waals surface area contributed by atoms with Crippen molar-refractivity contribution >= 4 is 28.7 Å². The normalized spacial score (nSPS) is 14.2. The zero-order valence-electron chi connectivity index (χ0n) is 11.7. The number of amides is 1. The van der Waals surface area contributed by atoms with Crippen LogP contribution in [0, 0.1) is 0 Å². The number of H-pyrrole nitrogens is 1. The lowest BCUT2D eigenvalue weighted by molar-refractivity contribution is -0.122. The molecule has 2 atom stereocenters. The summed E-state index contributed by atoms with van der Waals surface area (Å²) in [6.45, 7) is 1.68. The van der Waals surface area contributed by atoms with E-state index in [0.717, 1.165) is 29.0 Å². The molecule has 108 valence electrons. The van der Waals surface area contributed by atoms with Gasteiger partial charge in [-0.25, -0.2) is 4.98 Å². The van der Waals surface area contributed by atoms with Crippen LogP contribution in [0.5, 0.6) is 0 Å². The molecule has 0 aliphatic carbocycles. The summed E-state index contributed by atoms with van der Waals surface area (Å²) in [5, 5.41) is 2.96. The van der Waals surface area contributed by atoms with Gasteiger partial charge in [0.25, 0.3) is 0 Å². The van der Waals surface area contributed by atoms with Gasteiger partial charge in [-0.1, -0.05) is 12.1 Å². The highest BCUT2D eigenvalue weighted by molar-refractivity contribution is 7.98. The van der Waals surface area contributed by atoms with Gasteiger partial charge in [-0.15, -0.1) is 0 Å². The van der Waals surface area contributed by atoms with Crippen LogP contribution in [-0.4, -0.2) is 33.9 Å². The van der Waals surface area contributed by atoms with E-state index >= 15 is 0 Å². The minimum Gasteiger partial charge on any atom is -0.345 e. The molecule has 0 saturated carbocycles. The maximum absolute atomic E-state index is 11.8. The monoisotopic (exact) mass is 292 g/mol. The lowest BCUT2D eigenvalue weighted by Gasteiger charge is -2.17. The number of hydrogen-bond donors (Lipinski definition) is 3. The van der Waals surface area contributed by atoms with Crippen LogP contribution < -0.4 is 11.1 Å². The number of aromatic nitrogens is 2. The van der Waals surface area contributed by atoms with Gasteiger partial charge >= 0.3 is 0 Å². The fourth-order valence-corrected chi connectivity index (χ4v) is 2.43. The summed E-state index contributed by atoms with van der Waals surface area (Å²) in [6.07, 6.45) is 2.86. The van der Waals surface area contributed by atoms with E-state index in [0.29, 0.717) is 0 Å². The number of thioether (sulfide) groups is 1. The van der Waals surface area contributed by atoms with Crippen LogP contribution in [0.4, 0.5) is 0 Å². The SMILES string of the molecule is CSCCC(NC(=O)C(C)N)c1nc2ccccc2[nH]1. The number of fused-ring (bicyclic) bond motifs is 1. The van der Waals surface area contributed by atoms with Crippen LogP contribution in [0.3, 0.4) is 0 Å². The van der Waals surface area contributed by atoms with Gasteiger partial charge in [-0.05, 0) is 37.5 Å². The lowest BCUT2D eigenvalue weighted by atomic mass is 10.2. The van der Waals surface area contributed by atoms with E-state index in [2.05, 4.69) is 15.3 Å². The van der Waals surface area contributed by atoms with Crippen molar-refractivity contribution in [2.24, 2.45) is 5.73 Å². The number of nitrogens with two attached hydrogens (primary N) is 1. The molecule has 1 amide bonds. The summed E-state index contributed by atoms with van der Waals surface area (Å²) in [4.78, 5) is 19.7. The van der Waals surface area contributed by atoms with E-state index in [-0.39, 0.29) is 11.9 Å². The predicted octanol–water partition coefficient (Wildman–Crippen LogP) is 1.82. The molecule has 0 spiro atoms. The molecular formula is C14H20N4OS. The summed E-state index contributed by atoms with van der Waals surface area (Å²) >= 11 is 1.74. The molecule has 2 rings (SSSR count). The minimum atomic E-state index is -0.517.